The molecule has 1 aliphatic rings. The van der Waals surface area contributed by atoms with Crippen molar-refractivity contribution in [3.63, 3.8) is 0 Å². The highest BCUT2D eigenvalue weighted by Crippen LogP contribution is 2.05. The molecule has 2 heterocycles. The van der Waals surface area contributed by atoms with Crippen LogP contribution in [0.4, 0.5) is 0 Å². The predicted octanol–water partition coefficient (Wildman–Crippen LogP) is 0.164. The van der Waals surface area contributed by atoms with Gasteiger partial charge in [-0.2, -0.15) is 5.10 Å². The van der Waals surface area contributed by atoms with Crippen LogP contribution < -0.4 is 5.32 Å². The summed E-state index contributed by atoms with van der Waals surface area (Å²) >= 11 is 0. The number of guanidine groups is 1. The number of aryl methyl sites for hydroxylation is 1. The zero-order valence-electron chi connectivity index (χ0n) is 13.6. The largest absolute Gasteiger partial charge is 0.349 e. The van der Waals surface area contributed by atoms with Crippen LogP contribution in [0.2, 0.25) is 0 Å². The molecule has 118 valence electrons. The summed E-state index contributed by atoms with van der Waals surface area (Å²) in [7, 11) is 3.73. The average Bonchev–Trinajstić information content (AvgIpc) is 2.86. The van der Waals surface area contributed by atoms with Crippen LogP contribution in [-0.2, 0) is 13.6 Å². The number of piperazine rings is 1. The van der Waals surface area contributed by atoms with E-state index in [0.717, 1.165) is 43.9 Å². The van der Waals surface area contributed by atoms with Gasteiger partial charge in [0.15, 0.2) is 5.96 Å². The predicted molar refractivity (Wildman–Crippen MR) is 84.1 cm³/mol. The Kier molecular flexibility index (Phi) is 5.55. The van der Waals surface area contributed by atoms with Crippen LogP contribution in [0.5, 0.6) is 0 Å². The van der Waals surface area contributed by atoms with Crippen LogP contribution in [0.3, 0.4) is 0 Å². The average molecular weight is 293 g/mol. The molecular weight excluding hydrogens is 266 g/mol. The molecule has 21 heavy (non-hydrogen) atoms. The van der Waals surface area contributed by atoms with Gasteiger partial charge in [0, 0.05) is 46.8 Å². The molecule has 1 fully saturated rings. The quantitative estimate of drug-likeness (QED) is 0.633. The number of nitrogens with one attached hydrogen (secondary N) is 1. The van der Waals surface area contributed by atoms with Crippen LogP contribution in [0.1, 0.15) is 19.7 Å². The molecule has 2 rings (SSSR count). The summed E-state index contributed by atoms with van der Waals surface area (Å²) < 4.78 is 1.78. The van der Waals surface area contributed by atoms with Gasteiger partial charge in [-0.25, -0.2) is 4.98 Å². The normalized spacial score (nSPS) is 17.6. The molecule has 0 aromatic carbocycles. The smallest absolute Gasteiger partial charge is 0.194 e. The number of rotatable bonds is 4. The molecule has 0 bridgehead atoms. The van der Waals surface area contributed by atoms with E-state index in [1.54, 1.807) is 11.0 Å². The standard InChI is InChI=1S/C14H27N7/c1-12(2)10-20-5-7-21(8-6-20)14(15-3)16-9-13-17-11-18-19(13)4/h11-12H,5-10H2,1-4H3,(H,15,16). The van der Waals surface area contributed by atoms with Gasteiger partial charge in [0.25, 0.3) is 0 Å². The van der Waals surface area contributed by atoms with E-state index in [2.05, 4.69) is 44.0 Å². The number of aromatic nitrogens is 3. The molecule has 0 spiro atoms. The lowest BCUT2D eigenvalue weighted by Gasteiger charge is -2.37. The third-order valence-electron chi connectivity index (χ3n) is 3.72. The Hall–Kier alpha value is -1.63. The Labute approximate surface area is 127 Å². The van der Waals surface area contributed by atoms with Crippen LogP contribution in [0.25, 0.3) is 0 Å². The first-order chi connectivity index (χ1) is 10.1. The molecule has 0 amide bonds. The van der Waals surface area contributed by atoms with E-state index >= 15 is 0 Å². The highest BCUT2D eigenvalue weighted by molar-refractivity contribution is 5.79. The first-order valence-electron chi connectivity index (χ1n) is 7.61. The Morgan fingerprint density at radius 1 is 1.33 bits per heavy atom. The Morgan fingerprint density at radius 2 is 2.05 bits per heavy atom. The summed E-state index contributed by atoms with van der Waals surface area (Å²) in [6.45, 7) is 10.6. The molecule has 7 heteroatoms. The van der Waals surface area contributed by atoms with Crippen LogP contribution in [-0.4, -0.2) is 70.3 Å². The minimum atomic E-state index is 0.648. The lowest BCUT2D eigenvalue weighted by Crippen LogP contribution is -2.52. The van der Waals surface area contributed by atoms with Crippen molar-refractivity contribution in [1.29, 1.82) is 0 Å². The van der Waals surface area contributed by atoms with Crippen LogP contribution in [0, 0.1) is 5.92 Å². The van der Waals surface area contributed by atoms with Gasteiger partial charge < -0.3 is 10.2 Å². The van der Waals surface area contributed by atoms with E-state index < -0.39 is 0 Å². The number of nitrogens with zero attached hydrogens (tertiary/aromatic N) is 6. The summed E-state index contributed by atoms with van der Waals surface area (Å²) in [5.41, 5.74) is 0. The molecule has 0 unspecified atom stereocenters. The van der Waals surface area contributed by atoms with E-state index in [4.69, 9.17) is 0 Å². The van der Waals surface area contributed by atoms with E-state index in [1.165, 1.54) is 6.54 Å². The number of aliphatic imine (C=N–C) groups is 1. The van der Waals surface area contributed by atoms with Gasteiger partial charge in [0.2, 0.25) is 0 Å². The molecule has 0 aliphatic carbocycles. The van der Waals surface area contributed by atoms with Crippen LogP contribution in [0.15, 0.2) is 11.3 Å². The monoisotopic (exact) mass is 293 g/mol. The Morgan fingerprint density at radius 3 is 2.57 bits per heavy atom. The summed E-state index contributed by atoms with van der Waals surface area (Å²) in [4.78, 5) is 13.4. The number of hydrogen-bond donors (Lipinski definition) is 1. The van der Waals surface area contributed by atoms with Crippen molar-refractivity contribution in [2.45, 2.75) is 20.4 Å². The minimum absolute atomic E-state index is 0.648. The van der Waals surface area contributed by atoms with Crippen molar-refractivity contribution >= 4 is 5.96 Å². The van der Waals surface area contributed by atoms with Gasteiger partial charge >= 0.3 is 0 Å². The fourth-order valence-electron chi connectivity index (χ4n) is 2.63. The topological polar surface area (TPSA) is 61.6 Å². The maximum absolute atomic E-state index is 4.38. The van der Waals surface area contributed by atoms with E-state index in [-0.39, 0.29) is 0 Å². The van der Waals surface area contributed by atoms with Crippen molar-refractivity contribution in [2.75, 3.05) is 39.8 Å². The molecule has 0 atom stereocenters. The summed E-state index contributed by atoms with van der Waals surface area (Å²) in [5.74, 6) is 2.58. The first kappa shape index (κ1) is 15.8. The van der Waals surface area contributed by atoms with Crippen molar-refractivity contribution in [3.8, 4) is 0 Å². The zero-order valence-corrected chi connectivity index (χ0v) is 13.6. The maximum atomic E-state index is 4.38. The van der Waals surface area contributed by atoms with Gasteiger partial charge in [-0.05, 0) is 5.92 Å². The van der Waals surface area contributed by atoms with Gasteiger partial charge in [-0.15, -0.1) is 0 Å². The second kappa shape index (κ2) is 7.40. The van der Waals surface area contributed by atoms with E-state index in [1.807, 2.05) is 14.1 Å². The molecule has 1 saturated heterocycles. The Bertz CT molecular complexity index is 458. The van der Waals surface area contributed by atoms with E-state index in [0.29, 0.717) is 6.54 Å². The zero-order chi connectivity index (χ0) is 15.2. The van der Waals surface area contributed by atoms with Crippen molar-refractivity contribution in [3.05, 3.63) is 12.2 Å². The highest BCUT2D eigenvalue weighted by atomic mass is 15.4. The van der Waals surface area contributed by atoms with Crippen molar-refractivity contribution in [2.24, 2.45) is 18.0 Å². The summed E-state index contributed by atoms with van der Waals surface area (Å²) in [6, 6.07) is 0. The second-order valence-corrected chi connectivity index (χ2v) is 5.88. The van der Waals surface area contributed by atoms with Crippen molar-refractivity contribution < 1.29 is 0 Å². The molecule has 0 saturated carbocycles. The summed E-state index contributed by atoms with van der Waals surface area (Å²) in [5, 5.41) is 7.45. The third kappa shape index (κ3) is 4.42. The SMILES string of the molecule is CN=C(NCc1ncnn1C)N1CCN(CC(C)C)CC1. The third-order valence-corrected chi connectivity index (χ3v) is 3.72. The Balaban J connectivity index is 1.81. The lowest BCUT2D eigenvalue weighted by molar-refractivity contribution is 0.164. The molecule has 0 radical (unpaired) electrons. The first-order valence-corrected chi connectivity index (χ1v) is 7.61. The van der Waals surface area contributed by atoms with Gasteiger partial charge in [0.1, 0.15) is 12.2 Å². The summed E-state index contributed by atoms with van der Waals surface area (Å²) in [6.07, 6.45) is 1.57. The van der Waals surface area contributed by atoms with Gasteiger partial charge in [-0.1, -0.05) is 13.8 Å². The fraction of sp³-hybridized carbons (Fsp3) is 0.786. The molecule has 1 aromatic rings. The highest BCUT2D eigenvalue weighted by Gasteiger charge is 2.20. The fourth-order valence-corrected chi connectivity index (χ4v) is 2.63. The number of hydrogen-bond acceptors (Lipinski definition) is 4. The second-order valence-electron chi connectivity index (χ2n) is 5.88. The molecule has 1 N–H and O–H groups in total. The van der Waals surface area contributed by atoms with Crippen molar-refractivity contribution in [1.82, 2.24) is 29.9 Å². The molecule has 1 aliphatic heterocycles. The lowest BCUT2D eigenvalue weighted by atomic mass is 10.2. The molecular formula is C14H27N7. The van der Waals surface area contributed by atoms with E-state index in [9.17, 15) is 0 Å². The van der Waals surface area contributed by atoms with Crippen LogP contribution >= 0.6 is 0 Å². The van der Waals surface area contributed by atoms with Gasteiger partial charge in [0.05, 0.1) is 6.54 Å². The minimum Gasteiger partial charge on any atom is -0.349 e. The molecule has 7 nitrogen and oxygen atoms in total. The van der Waals surface area contributed by atoms with Gasteiger partial charge in [-0.3, -0.25) is 14.6 Å². The maximum Gasteiger partial charge on any atom is 0.194 e. The molecule has 1 aromatic heterocycles.